The summed E-state index contributed by atoms with van der Waals surface area (Å²) in [7, 11) is 0. The van der Waals surface area contributed by atoms with E-state index in [1.165, 1.54) is 29.4 Å². The third-order valence-electron chi connectivity index (χ3n) is 4.65. The number of amides is 3. The zero-order valence-corrected chi connectivity index (χ0v) is 14.2. The second-order valence-electron chi connectivity index (χ2n) is 6.25. The number of fused-ring (bicyclic) bond motifs is 1. The lowest BCUT2D eigenvalue weighted by Crippen LogP contribution is -2.44. The van der Waals surface area contributed by atoms with Crippen LogP contribution in [0.3, 0.4) is 0 Å². The summed E-state index contributed by atoms with van der Waals surface area (Å²) < 4.78 is 0. The Bertz CT molecular complexity index is 908. The van der Waals surface area contributed by atoms with Gasteiger partial charge < -0.3 is 9.74 Å². The summed E-state index contributed by atoms with van der Waals surface area (Å²) in [5.41, 5.74) is 0.781. The molecule has 4 rings (SSSR count). The van der Waals surface area contributed by atoms with E-state index in [1.807, 2.05) is 0 Å². The van der Waals surface area contributed by atoms with Crippen LogP contribution in [0.1, 0.15) is 43.9 Å². The lowest BCUT2D eigenvalue weighted by molar-refractivity contribution is -0.173. The quantitative estimate of drug-likeness (QED) is 0.764. The number of nitrogens with zero attached hydrogens (tertiary/aromatic N) is 3. The van der Waals surface area contributed by atoms with Gasteiger partial charge in [-0.2, -0.15) is 0 Å². The zero-order chi connectivity index (χ0) is 19.0. The summed E-state index contributed by atoms with van der Waals surface area (Å²) in [5.74, 6) is -2.49. The molecule has 1 aromatic carbocycles. The highest BCUT2D eigenvalue weighted by molar-refractivity contribution is 6.21. The van der Waals surface area contributed by atoms with Crippen LogP contribution in [0.5, 0.6) is 0 Å². The average Bonchev–Trinajstić information content (AvgIpc) is 3.28. The average molecular weight is 365 g/mol. The molecule has 1 unspecified atom stereocenters. The summed E-state index contributed by atoms with van der Waals surface area (Å²) in [6, 6.07) is 8.52. The van der Waals surface area contributed by atoms with Crippen molar-refractivity contribution in [1.29, 1.82) is 0 Å². The lowest BCUT2D eigenvalue weighted by atomic mass is 10.1. The number of benzene rings is 1. The maximum Gasteiger partial charge on any atom is 0.355 e. The van der Waals surface area contributed by atoms with Crippen molar-refractivity contribution in [3.8, 4) is 0 Å². The first-order chi connectivity index (χ1) is 13.1. The molecule has 136 valence electrons. The molecule has 27 heavy (non-hydrogen) atoms. The van der Waals surface area contributed by atoms with Gasteiger partial charge >= 0.3 is 5.97 Å². The Morgan fingerprint density at radius 2 is 1.63 bits per heavy atom. The van der Waals surface area contributed by atoms with Gasteiger partial charge in [0.2, 0.25) is 0 Å². The van der Waals surface area contributed by atoms with Crippen LogP contribution in [0.15, 0.2) is 48.8 Å². The first kappa shape index (κ1) is 16.9. The van der Waals surface area contributed by atoms with Gasteiger partial charge in [0.05, 0.1) is 11.1 Å². The summed E-state index contributed by atoms with van der Waals surface area (Å²) in [6.45, 7) is 0.392. The van der Waals surface area contributed by atoms with Crippen LogP contribution in [0, 0.1) is 0 Å². The highest BCUT2D eigenvalue weighted by Gasteiger charge is 2.42. The molecule has 0 saturated carbocycles. The number of carbonyl (C=O) groups is 4. The molecule has 0 spiro atoms. The third-order valence-corrected chi connectivity index (χ3v) is 4.65. The summed E-state index contributed by atoms with van der Waals surface area (Å²) >= 11 is 0. The third kappa shape index (κ3) is 2.84. The lowest BCUT2D eigenvalue weighted by Gasteiger charge is -2.24. The van der Waals surface area contributed by atoms with Gasteiger partial charge in [0.1, 0.15) is 6.04 Å². The van der Waals surface area contributed by atoms with Crippen LogP contribution in [-0.2, 0) is 9.63 Å². The fraction of sp³-hybridized carbons (Fsp3) is 0.211. The number of pyridine rings is 1. The molecule has 2 aliphatic rings. The Morgan fingerprint density at radius 1 is 1.00 bits per heavy atom. The summed E-state index contributed by atoms with van der Waals surface area (Å²) in [4.78, 5) is 60.3. The monoisotopic (exact) mass is 365 g/mol. The summed E-state index contributed by atoms with van der Waals surface area (Å²) in [5, 5.41) is 0.473. The van der Waals surface area contributed by atoms with Crippen LogP contribution in [0.25, 0.3) is 0 Å². The van der Waals surface area contributed by atoms with Crippen molar-refractivity contribution in [3.05, 3.63) is 65.5 Å². The van der Waals surface area contributed by atoms with Gasteiger partial charge in [0, 0.05) is 24.5 Å². The predicted octanol–water partition coefficient (Wildman–Crippen LogP) is 1.44. The molecular weight excluding hydrogens is 350 g/mol. The SMILES string of the molecule is O=C(ON1C(=O)c2ccccc2C1=O)C1CCCN1C(=O)c1ccncc1. The van der Waals surface area contributed by atoms with E-state index in [2.05, 4.69) is 4.98 Å². The number of hydroxylamine groups is 2. The Balaban J connectivity index is 1.51. The van der Waals surface area contributed by atoms with Crippen LogP contribution in [0.2, 0.25) is 0 Å². The van der Waals surface area contributed by atoms with Gasteiger partial charge in [0.15, 0.2) is 0 Å². The molecule has 3 amide bonds. The molecule has 8 nitrogen and oxygen atoms in total. The topological polar surface area (TPSA) is 96.9 Å². The van der Waals surface area contributed by atoms with E-state index in [0.29, 0.717) is 30.0 Å². The van der Waals surface area contributed by atoms with E-state index < -0.39 is 23.8 Å². The van der Waals surface area contributed by atoms with Crippen LogP contribution >= 0.6 is 0 Å². The van der Waals surface area contributed by atoms with Crippen LogP contribution in [0.4, 0.5) is 0 Å². The number of imide groups is 1. The Kier molecular flexibility index (Phi) is 4.15. The molecular formula is C19H15N3O5. The van der Waals surface area contributed by atoms with E-state index in [9.17, 15) is 19.2 Å². The Labute approximate surface area is 154 Å². The van der Waals surface area contributed by atoms with Gasteiger partial charge in [0.25, 0.3) is 17.7 Å². The second-order valence-corrected chi connectivity index (χ2v) is 6.25. The van der Waals surface area contributed by atoms with E-state index in [1.54, 1.807) is 24.3 Å². The molecule has 3 heterocycles. The van der Waals surface area contributed by atoms with E-state index in [-0.39, 0.29) is 17.0 Å². The van der Waals surface area contributed by atoms with Crippen LogP contribution in [-0.4, -0.2) is 51.2 Å². The molecule has 1 aromatic heterocycles. The molecule has 0 radical (unpaired) electrons. The number of carbonyl (C=O) groups excluding carboxylic acids is 4. The molecule has 1 saturated heterocycles. The number of hydrogen-bond donors (Lipinski definition) is 0. The number of aromatic nitrogens is 1. The number of hydrogen-bond acceptors (Lipinski definition) is 6. The maximum atomic E-state index is 12.6. The summed E-state index contributed by atoms with van der Waals surface area (Å²) in [6.07, 6.45) is 4.02. The largest absolute Gasteiger partial charge is 0.355 e. The van der Waals surface area contributed by atoms with Gasteiger partial charge in [-0.05, 0) is 37.1 Å². The standard InChI is InChI=1S/C19H15N3O5/c23-16(12-7-9-20-10-8-12)21-11-3-6-15(21)19(26)27-22-17(24)13-4-1-2-5-14(13)18(22)25/h1-2,4-5,7-10,15H,3,6,11H2. The Hall–Kier alpha value is -3.55. The molecule has 2 aromatic rings. The van der Waals surface area contributed by atoms with Crippen LogP contribution < -0.4 is 0 Å². The van der Waals surface area contributed by atoms with Crippen molar-refractivity contribution in [2.24, 2.45) is 0 Å². The van der Waals surface area contributed by atoms with Crippen molar-refractivity contribution < 1.29 is 24.0 Å². The molecule has 0 bridgehead atoms. The smallest absolute Gasteiger partial charge is 0.327 e. The van der Waals surface area contributed by atoms with Gasteiger partial charge in [-0.25, -0.2) is 4.79 Å². The fourth-order valence-corrected chi connectivity index (χ4v) is 3.32. The maximum absolute atomic E-state index is 12.6. The molecule has 1 fully saturated rings. The molecule has 1 atom stereocenters. The van der Waals surface area contributed by atoms with Crippen molar-refractivity contribution in [2.75, 3.05) is 6.54 Å². The number of rotatable bonds is 3. The highest BCUT2D eigenvalue weighted by atomic mass is 16.7. The minimum atomic E-state index is -0.852. The van der Waals surface area contributed by atoms with Gasteiger partial charge in [-0.3, -0.25) is 19.4 Å². The van der Waals surface area contributed by atoms with Crippen molar-refractivity contribution in [3.63, 3.8) is 0 Å². The fourth-order valence-electron chi connectivity index (χ4n) is 3.32. The van der Waals surface area contributed by atoms with Gasteiger partial charge in [-0.15, -0.1) is 0 Å². The van der Waals surface area contributed by atoms with E-state index in [4.69, 9.17) is 4.84 Å². The van der Waals surface area contributed by atoms with Gasteiger partial charge in [-0.1, -0.05) is 17.2 Å². The highest BCUT2D eigenvalue weighted by Crippen LogP contribution is 2.25. The predicted molar refractivity (Wildman–Crippen MR) is 91.3 cm³/mol. The zero-order valence-electron chi connectivity index (χ0n) is 14.2. The molecule has 0 N–H and O–H groups in total. The minimum absolute atomic E-state index is 0.187. The number of likely N-dealkylation sites (tertiary alicyclic amines) is 1. The molecule has 0 aliphatic carbocycles. The minimum Gasteiger partial charge on any atom is -0.327 e. The first-order valence-corrected chi connectivity index (χ1v) is 8.48. The normalized spacial score (nSPS) is 18.6. The molecule has 8 heteroatoms. The second kappa shape index (κ2) is 6.64. The van der Waals surface area contributed by atoms with E-state index >= 15 is 0 Å². The van der Waals surface area contributed by atoms with Crippen molar-refractivity contribution in [2.45, 2.75) is 18.9 Å². The van der Waals surface area contributed by atoms with Crippen molar-refractivity contribution >= 4 is 23.7 Å². The van der Waals surface area contributed by atoms with E-state index in [0.717, 1.165) is 0 Å². The molecule has 2 aliphatic heterocycles. The Morgan fingerprint density at radius 3 is 2.26 bits per heavy atom. The van der Waals surface area contributed by atoms with Crippen molar-refractivity contribution in [1.82, 2.24) is 14.9 Å². The first-order valence-electron chi connectivity index (χ1n) is 8.48.